The van der Waals surface area contributed by atoms with Crippen LogP contribution in [-0.4, -0.2) is 47.3 Å². The van der Waals surface area contributed by atoms with Crippen LogP contribution < -0.4 is 0 Å². The number of hydrogen-bond acceptors (Lipinski definition) is 5. The van der Waals surface area contributed by atoms with Crippen LogP contribution in [0.4, 0.5) is 0 Å². The Hall–Kier alpha value is -2.02. The highest BCUT2D eigenvalue weighted by atomic mass is 16.6. The van der Waals surface area contributed by atoms with E-state index in [1.807, 2.05) is 60.7 Å². The highest BCUT2D eigenvalue weighted by Crippen LogP contribution is 2.38. The molecule has 0 amide bonds. The quantitative estimate of drug-likeness (QED) is 0.617. The van der Waals surface area contributed by atoms with Crippen molar-refractivity contribution in [2.24, 2.45) is 0 Å². The summed E-state index contributed by atoms with van der Waals surface area (Å²) in [6.45, 7) is 4.05. The van der Waals surface area contributed by atoms with Gasteiger partial charge in [0.15, 0.2) is 0 Å². The molecule has 0 bridgehead atoms. The van der Waals surface area contributed by atoms with Gasteiger partial charge >= 0.3 is 0 Å². The van der Waals surface area contributed by atoms with E-state index in [-0.39, 0.29) is 13.2 Å². The lowest BCUT2D eigenvalue weighted by Crippen LogP contribution is -2.48. The summed E-state index contributed by atoms with van der Waals surface area (Å²) >= 11 is 0. The second-order valence-electron chi connectivity index (χ2n) is 7.03. The second kappa shape index (κ2) is 9.96. The maximum absolute atomic E-state index is 10.1. The molecular weight excluding hydrogens is 356 g/mol. The third-order valence-electron chi connectivity index (χ3n) is 5.06. The highest BCUT2D eigenvalue weighted by Gasteiger charge is 2.55. The van der Waals surface area contributed by atoms with Crippen LogP contribution in [0.25, 0.3) is 0 Å². The zero-order chi connectivity index (χ0) is 19.8. The van der Waals surface area contributed by atoms with Crippen LogP contribution in [0.5, 0.6) is 0 Å². The first kappa shape index (κ1) is 20.7. The molecule has 2 aromatic carbocycles. The molecule has 2 aromatic rings. The molecule has 1 saturated heterocycles. The minimum Gasteiger partial charge on any atom is -0.394 e. The summed E-state index contributed by atoms with van der Waals surface area (Å²) in [6, 6.07) is 19.6. The largest absolute Gasteiger partial charge is 0.394 e. The lowest BCUT2D eigenvalue weighted by molar-refractivity contribution is -0.137. The average molecular weight is 384 g/mol. The zero-order valence-electron chi connectivity index (χ0n) is 15.9. The Bertz CT molecular complexity index is 720. The summed E-state index contributed by atoms with van der Waals surface area (Å²) < 4.78 is 18.4. The zero-order valence-corrected chi connectivity index (χ0v) is 15.9. The van der Waals surface area contributed by atoms with Crippen molar-refractivity contribution in [3.63, 3.8) is 0 Å². The molecule has 0 aliphatic carbocycles. The van der Waals surface area contributed by atoms with Gasteiger partial charge in [-0.05, 0) is 17.5 Å². The monoisotopic (exact) mass is 384 g/mol. The Kier molecular flexibility index (Phi) is 7.36. The fourth-order valence-electron chi connectivity index (χ4n) is 3.64. The second-order valence-corrected chi connectivity index (χ2v) is 7.03. The van der Waals surface area contributed by atoms with E-state index in [9.17, 15) is 10.2 Å². The normalized spacial score (nSPS) is 27.0. The molecule has 3 rings (SSSR count). The fraction of sp³-hybridized carbons (Fsp3) is 0.391. The smallest absolute Gasteiger partial charge is 0.124 e. The van der Waals surface area contributed by atoms with Crippen molar-refractivity contribution >= 4 is 0 Å². The Morgan fingerprint density at radius 2 is 1.50 bits per heavy atom. The summed E-state index contributed by atoms with van der Waals surface area (Å²) in [7, 11) is 0. The van der Waals surface area contributed by atoms with Crippen molar-refractivity contribution in [3.8, 4) is 0 Å². The average Bonchev–Trinajstić information content (AvgIpc) is 3.05. The first-order valence-electron chi connectivity index (χ1n) is 9.54. The lowest BCUT2D eigenvalue weighted by Gasteiger charge is -2.33. The third kappa shape index (κ3) is 4.69. The van der Waals surface area contributed by atoms with E-state index in [0.717, 1.165) is 11.1 Å². The van der Waals surface area contributed by atoms with Crippen LogP contribution in [0.15, 0.2) is 73.3 Å². The van der Waals surface area contributed by atoms with E-state index in [4.69, 9.17) is 14.2 Å². The van der Waals surface area contributed by atoms with Crippen LogP contribution in [0, 0.1) is 0 Å². The predicted molar refractivity (Wildman–Crippen MR) is 107 cm³/mol. The van der Waals surface area contributed by atoms with Crippen molar-refractivity contribution in [2.75, 3.05) is 13.2 Å². The summed E-state index contributed by atoms with van der Waals surface area (Å²) in [5.74, 6) is 0. The molecule has 0 unspecified atom stereocenters. The van der Waals surface area contributed by atoms with Gasteiger partial charge in [0.1, 0.15) is 23.9 Å². The first-order chi connectivity index (χ1) is 13.7. The molecule has 0 aromatic heterocycles. The van der Waals surface area contributed by atoms with Gasteiger partial charge in [0.05, 0.1) is 26.4 Å². The maximum Gasteiger partial charge on any atom is 0.124 e. The van der Waals surface area contributed by atoms with Gasteiger partial charge in [0, 0.05) is 0 Å². The summed E-state index contributed by atoms with van der Waals surface area (Å²) in [6.07, 6.45) is 0.447. The SMILES string of the molecule is C=CC[C@@]1(CO)O[C@H](CO)[C@@H](OCc2ccccc2)[C@@H]1OCc1ccccc1. The van der Waals surface area contributed by atoms with E-state index in [1.165, 1.54) is 0 Å². The van der Waals surface area contributed by atoms with Crippen molar-refractivity contribution in [3.05, 3.63) is 84.4 Å². The molecule has 1 fully saturated rings. The molecule has 2 N–H and O–H groups in total. The molecular formula is C23H28O5. The standard InChI is InChI=1S/C23H28O5/c1-2-13-23(17-25)22(27-16-19-11-7-4-8-12-19)21(20(14-24)28-23)26-15-18-9-5-3-6-10-18/h2-12,20-22,24-25H,1,13-17H2/t20-,21-,22+,23+/m1/s1. The molecule has 4 atom stereocenters. The maximum atomic E-state index is 10.1. The van der Waals surface area contributed by atoms with Crippen molar-refractivity contribution in [1.82, 2.24) is 0 Å². The molecule has 1 heterocycles. The molecule has 5 heteroatoms. The van der Waals surface area contributed by atoms with Crippen molar-refractivity contribution in [1.29, 1.82) is 0 Å². The van der Waals surface area contributed by atoms with Crippen LogP contribution in [0.3, 0.4) is 0 Å². The van der Waals surface area contributed by atoms with Gasteiger partial charge in [-0.25, -0.2) is 0 Å². The summed E-state index contributed by atoms with van der Waals surface area (Å²) in [5.41, 5.74) is 1.04. The Morgan fingerprint density at radius 3 is 2.00 bits per heavy atom. The number of ether oxygens (including phenoxy) is 3. The van der Waals surface area contributed by atoms with E-state index in [0.29, 0.717) is 19.6 Å². The van der Waals surface area contributed by atoms with E-state index >= 15 is 0 Å². The fourth-order valence-corrected chi connectivity index (χ4v) is 3.64. The van der Waals surface area contributed by atoms with Gasteiger partial charge in [-0.15, -0.1) is 6.58 Å². The minimum atomic E-state index is -0.995. The van der Waals surface area contributed by atoms with E-state index in [2.05, 4.69) is 6.58 Å². The van der Waals surface area contributed by atoms with Crippen LogP contribution in [-0.2, 0) is 27.4 Å². The van der Waals surface area contributed by atoms with Gasteiger partial charge in [-0.3, -0.25) is 0 Å². The molecule has 150 valence electrons. The van der Waals surface area contributed by atoms with Gasteiger partial charge in [0.25, 0.3) is 0 Å². The number of hydrogen-bond donors (Lipinski definition) is 2. The Labute approximate surface area is 166 Å². The minimum absolute atomic E-state index is 0.219. The number of rotatable bonds is 10. The molecule has 0 saturated carbocycles. The van der Waals surface area contributed by atoms with Crippen LogP contribution in [0.2, 0.25) is 0 Å². The highest BCUT2D eigenvalue weighted by molar-refractivity contribution is 5.15. The summed E-state index contributed by atoms with van der Waals surface area (Å²) in [4.78, 5) is 0. The number of benzene rings is 2. The van der Waals surface area contributed by atoms with Gasteiger partial charge < -0.3 is 24.4 Å². The molecule has 28 heavy (non-hydrogen) atoms. The topological polar surface area (TPSA) is 68.2 Å². The molecule has 0 radical (unpaired) electrons. The van der Waals surface area contributed by atoms with Gasteiger partial charge in [0.2, 0.25) is 0 Å². The van der Waals surface area contributed by atoms with Crippen molar-refractivity contribution in [2.45, 2.75) is 43.5 Å². The van der Waals surface area contributed by atoms with Crippen LogP contribution in [0.1, 0.15) is 17.5 Å². The third-order valence-corrected chi connectivity index (χ3v) is 5.06. The summed E-state index contributed by atoms with van der Waals surface area (Å²) in [5, 5.41) is 20.0. The van der Waals surface area contributed by atoms with Gasteiger partial charge in [-0.2, -0.15) is 0 Å². The van der Waals surface area contributed by atoms with E-state index in [1.54, 1.807) is 6.08 Å². The molecule has 5 nitrogen and oxygen atoms in total. The van der Waals surface area contributed by atoms with E-state index < -0.39 is 23.9 Å². The number of aliphatic hydroxyl groups excluding tert-OH is 2. The Morgan fingerprint density at radius 1 is 0.929 bits per heavy atom. The van der Waals surface area contributed by atoms with Crippen LogP contribution >= 0.6 is 0 Å². The predicted octanol–water partition coefficient (Wildman–Crippen LogP) is 2.86. The first-order valence-corrected chi connectivity index (χ1v) is 9.54. The molecule has 0 spiro atoms. The molecule has 1 aliphatic rings. The van der Waals surface area contributed by atoms with Gasteiger partial charge in [-0.1, -0.05) is 66.7 Å². The number of aliphatic hydroxyl groups is 2. The Balaban J connectivity index is 1.80. The molecule has 1 aliphatic heterocycles. The van der Waals surface area contributed by atoms with Crippen molar-refractivity contribution < 1.29 is 24.4 Å². The lowest BCUT2D eigenvalue weighted by atomic mass is 9.91.